The molecule has 1 aromatic rings. The second-order valence-electron chi connectivity index (χ2n) is 8.45. The van der Waals surface area contributed by atoms with E-state index in [2.05, 4.69) is 15.5 Å². The minimum Gasteiger partial charge on any atom is -0.396 e. The number of anilines is 1. The molecule has 0 bridgehead atoms. The number of fused-ring (bicyclic) bond motifs is 1. The maximum atomic E-state index is 9.75. The van der Waals surface area contributed by atoms with E-state index in [4.69, 9.17) is 9.97 Å². The lowest BCUT2D eigenvalue weighted by molar-refractivity contribution is 0.0575. The van der Waals surface area contributed by atoms with Crippen LogP contribution < -0.4 is 10.6 Å². The van der Waals surface area contributed by atoms with Crippen molar-refractivity contribution < 1.29 is 5.11 Å². The van der Waals surface area contributed by atoms with E-state index >= 15 is 0 Å². The molecule has 3 aliphatic rings. The highest BCUT2D eigenvalue weighted by atomic mass is 16.3. The number of aromatic nitrogens is 2. The van der Waals surface area contributed by atoms with Crippen molar-refractivity contribution in [1.29, 1.82) is 0 Å². The Balaban J connectivity index is 1.47. The van der Waals surface area contributed by atoms with Crippen LogP contribution in [0.5, 0.6) is 0 Å². The number of hydrogen-bond acceptors (Lipinski definition) is 6. The van der Waals surface area contributed by atoms with Crippen LogP contribution in [0.2, 0.25) is 0 Å². The van der Waals surface area contributed by atoms with E-state index in [0.717, 1.165) is 70.0 Å². The van der Waals surface area contributed by atoms with Crippen molar-refractivity contribution in [2.24, 2.45) is 5.41 Å². The van der Waals surface area contributed by atoms with Gasteiger partial charge in [-0.2, -0.15) is 0 Å². The van der Waals surface area contributed by atoms with Crippen molar-refractivity contribution in [3.05, 3.63) is 17.1 Å². The maximum absolute atomic E-state index is 9.75. The molecule has 6 heteroatoms. The lowest BCUT2D eigenvalue weighted by Gasteiger charge is -2.40. The summed E-state index contributed by atoms with van der Waals surface area (Å²) in [7, 11) is 0. The third-order valence-electron chi connectivity index (χ3n) is 6.66. The van der Waals surface area contributed by atoms with Crippen molar-refractivity contribution in [3.8, 4) is 0 Å². The third-order valence-corrected chi connectivity index (χ3v) is 6.66. The van der Waals surface area contributed by atoms with Crippen molar-refractivity contribution in [1.82, 2.24) is 20.2 Å². The van der Waals surface area contributed by atoms with Crippen molar-refractivity contribution >= 4 is 5.82 Å². The van der Waals surface area contributed by atoms with E-state index in [0.29, 0.717) is 6.04 Å². The van der Waals surface area contributed by atoms with Crippen LogP contribution in [0.1, 0.15) is 49.2 Å². The summed E-state index contributed by atoms with van der Waals surface area (Å²) in [6.07, 6.45) is 8.07. The molecule has 3 heterocycles. The summed E-state index contributed by atoms with van der Waals surface area (Å²) in [5, 5.41) is 16.9. The molecule has 2 aliphatic heterocycles. The Morgan fingerprint density at radius 1 is 1.23 bits per heavy atom. The molecule has 4 rings (SSSR count). The summed E-state index contributed by atoms with van der Waals surface area (Å²) < 4.78 is 0. The molecule has 0 aromatic carbocycles. The number of rotatable bonds is 5. The first-order valence-electron chi connectivity index (χ1n) is 10.3. The SMILES string of the molecule is Cc1nc2c(c(NCC3(CO)CCC3)n1)CCN([C@H]1CCCNC1)CC2. The van der Waals surface area contributed by atoms with Gasteiger partial charge in [0.1, 0.15) is 11.6 Å². The fourth-order valence-electron chi connectivity index (χ4n) is 4.74. The van der Waals surface area contributed by atoms with Gasteiger partial charge in [0, 0.05) is 49.6 Å². The first-order chi connectivity index (χ1) is 12.7. The lowest BCUT2D eigenvalue weighted by atomic mass is 9.69. The summed E-state index contributed by atoms with van der Waals surface area (Å²) in [5.41, 5.74) is 2.59. The quantitative estimate of drug-likeness (QED) is 0.740. The summed E-state index contributed by atoms with van der Waals surface area (Å²) in [5.74, 6) is 1.86. The largest absolute Gasteiger partial charge is 0.396 e. The van der Waals surface area contributed by atoms with E-state index in [1.54, 1.807) is 0 Å². The molecule has 3 N–H and O–H groups in total. The van der Waals surface area contributed by atoms with Gasteiger partial charge in [-0.05, 0) is 45.6 Å². The van der Waals surface area contributed by atoms with Gasteiger partial charge in [0.25, 0.3) is 0 Å². The van der Waals surface area contributed by atoms with Crippen molar-refractivity contribution in [2.45, 2.75) is 57.9 Å². The van der Waals surface area contributed by atoms with Gasteiger partial charge >= 0.3 is 0 Å². The van der Waals surface area contributed by atoms with Crippen LogP contribution in [0.3, 0.4) is 0 Å². The molecule has 2 fully saturated rings. The number of nitrogens with one attached hydrogen (secondary N) is 2. The minimum atomic E-state index is 0.0657. The molecule has 0 spiro atoms. The van der Waals surface area contributed by atoms with Crippen LogP contribution >= 0.6 is 0 Å². The zero-order valence-corrected chi connectivity index (χ0v) is 16.1. The highest BCUT2D eigenvalue weighted by Gasteiger charge is 2.36. The van der Waals surface area contributed by atoms with Gasteiger partial charge in [-0.1, -0.05) is 6.42 Å². The molecular weight excluding hydrogens is 326 g/mol. The van der Waals surface area contributed by atoms with Gasteiger partial charge in [-0.25, -0.2) is 9.97 Å². The van der Waals surface area contributed by atoms with Gasteiger partial charge in [-0.3, -0.25) is 4.90 Å². The van der Waals surface area contributed by atoms with Gasteiger partial charge in [0.2, 0.25) is 0 Å². The van der Waals surface area contributed by atoms with E-state index < -0.39 is 0 Å². The normalized spacial score (nSPS) is 25.8. The fraction of sp³-hybridized carbons (Fsp3) is 0.800. The molecule has 1 aliphatic carbocycles. The average Bonchev–Trinajstić information content (AvgIpc) is 2.84. The maximum Gasteiger partial charge on any atom is 0.133 e. The molecule has 1 saturated heterocycles. The van der Waals surface area contributed by atoms with E-state index in [1.165, 1.54) is 30.5 Å². The molecule has 1 aromatic heterocycles. The van der Waals surface area contributed by atoms with Gasteiger partial charge in [-0.15, -0.1) is 0 Å². The summed E-state index contributed by atoms with van der Waals surface area (Å²) in [4.78, 5) is 12.1. The van der Waals surface area contributed by atoms with Crippen LogP contribution in [0.15, 0.2) is 0 Å². The Morgan fingerprint density at radius 3 is 2.77 bits per heavy atom. The molecule has 6 nitrogen and oxygen atoms in total. The molecule has 0 radical (unpaired) electrons. The van der Waals surface area contributed by atoms with Gasteiger partial charge in [0.15, 0.2) is 0 Å². The van der Waals surface area contributed by atoms with E-state index in [9.17, 15) is 5.11 Å². The summed E-state index contributed by atoms with van der Waals surface area (Å²) in [6.45, 7) is 7.55. The van der Waals surface area contributed by atoms with Crippen LogP contribution in [0.25, 0.3) is 0 Å². The predicted molar refractivity (Wildman–Crippen MR) is 104 cm³/mol. The Hall–Kier alpha value is -1.24. The number of hydrogen-bond donors (Lipinski definition) is 3. The first-order valence-corrected chi connectivity index (χ1v) is 10.3. The second-order valence-corrected chi connectivity index (χ2v) is 8.45. The number of aliphatic hydroxyl groups excluding tert-OH is 1. The van der Waals surface area contributed by atoms with Gasteiger partial charge in [0.05, 0.1) is 12.3 Å². The van der Waals surface area contributed by atoms with Gasteiger partial charge < -0.3 is 15.7 Å². The Labute approximate surface area is 156 Å². The molecule has 1 saturated carbocycles. The zero-order chi connectivity index (χ0) is 18.0. The highest BCUT2D eigenvalue weighted by Crippen LogP contribution is 2.40. The topological polar surface area (TPSA) is 73.3 Å². The molecular formula is C20H33N5O. The summed E-state index contributed by atoms with van der Waals surface area (Å²) in [6, 6.07) is 0.663. The molecule has 0 unspecified atom stereocenters. The first kappa shape index (κ1) is 18.1. The van der Waals surface area contributed by atoms with Crippen LogP contribution in [-0.4, -0.2) is 65.3 Å². The standard InChI is InChI=1S/C20H33N5O/c1-15-23-18-6-11-25(16-4-2-9-21-12-16)10-5-17(18)19(24-15)22-13-20(14-26)7-3-8-20/h16,21,26H,2-14H2,1H3,(H,22,23,24)/t16-/m0/s1. The van der Waals surface area contributed by atoms with E-state index in [-0.39, 0.29) is 12.0 Å². The highest BCUT2D eigenvalue weighted by molar-refractivity contribution is 5.48. The Morgan fingerprint density at radius 2 is 2.08 bits per heavy atom. The number of aliphatic hydroxyl groups is 1. The van der Waals surface area contributed by atoms with Crippen molar-refractivity contribution in [2.75, 3.05) is 44.6 Å². The number of aryl methyl sites for hydroxylation is 1. The monoisotopic (exact) mass is 359 g/mol. The fourth-order valence-corrected chi connectivity index (χ4v) is 4.74. The van der Waals surface area contributed by atoms with E-state index in [1.807, 2.05) is 6.92 Å². The zero-order valence-electron chi connectivity index (χ0n) is 16.1. The molecule has 1 atom stereocenters. The van der Waals surface area contributed by atoms with Crippen LogP contribution in [0, 0.1) is 12.3 Å². The second kappa shape index (κ2) is 7.79. The Kier molecular flexibility index (Phi) is 5.43. The molecule has 26 heavy (non-hydrogen) atoms. The Bertz CT molecular complexity index is 619. The average molecular weight is 360 g/mol. The third kappa shape index (κ3) is 3.73. The smallest absolute Gasteiger partial charge is 0.133 e. The predicted octanol–water partition coefficient (Wildman–Crippen LogP) is 1.51. The van der Waals surface area contributed by atoms with Crippen LogP contribution in [0.4, 0.5) is 5.82 Å². The number of piperidine rings is 1. The lowest BCUT2D eigenvalue weighted by Crippen LogP contribution is -2.46. The van der Waals surface area contributed by atoms with Crippen molar-refractivity contribution in [3.63, 3.8) is 0 Å². The number of nitrogens with zero attached hydrogens (tertiary/aromatic N) is 3. The molecule has 0 amide bonds. The minimum absolute atomic E-state index is 0.0657. The molecule has 144 valence electrons. The van der Waals surface area contributed by atoms with Crippen LogP contribution in [-0.2, 0) is 12.8 Å². The summed E-state index contributed by atoms with van der Waals surface area (Å²) >= 11 is 0.